The summed E-state index contributed by atoms with van der Waals surface area (Å²) in [7, 11) is 0. The fourth-order valence-electron chi connectivity index (χ4n) is 5.33. The quantitative estimate of drug-likeness (QED) is 0.592. The molecule has 0 spiro atoms. The summed E-state index contributed by atoms with van der Waals surface area (Å²) >= 11 is 0. The van der Waals surface area contributed by atoms with Gasteiger partial charge in [-0.3, -0.25) is 0 Å². The fraction of sp³-hybridized carbons (Fsp3) is 0.483. The third kappa shape index (κ3) is 5.39. The molecular formula is C29H38N6O. The Morgan fingerprint density at radius 2 is 2.00 bits per heavy atom. The maximum Gasteiger partial charge on any atom is 0.158 e. The highest BCUT2D eigenvalue weighted by Gasteiger charge is 2.25. The summed E-state index contributed by atoms with van der Waals surface area (Å²) in [6, 6.07) is 8.24. The third-order valence-corrected chi connectivity index (χ3v) is 7.36. The van der Waals surface area contributed by atoms with E-state index in [1.807, 2.05) is 25.1 Å². The van der Waals surface area contributed by atoms with Gasteiger partial charge in [-0.15, -0.1) is 10.2 Å². The van der Waals surface area contributed by atoms with Crippen LogP contribution in [0.3, 0.4) is 0 Å². The maximum absolute atomic E-state index is 9.99. The molecule has 2 saturated heterocycles. The fourth-order valence-corrected chi connectivity index (χ4v) is 5.33. The molecule has 7 nitrogen and oxygen atoms in total. The predicted octanol–water partition coefficient (Wildman–Crippen LogP) is 3.20. The van der Waals surface area contributed by atoms with Crippen LogP contribution in [0.5, 0.6) is 0 Å². The first-order valence-corrected chi connectivity index (χ1v) is 13.2. The van der Waals surface area contributed by atoms with Crippen molar-refractivity contribution in [2.24, 2.45) is 0 Å². The molecule has 3 heterocycles. The van der Waals surface area contributed by atoms with Crippen LogP contribution in [-0.4, -0.2) is 52.5 Å². The van der Waals surface area contributed by atoms with Crippen LogP contribution in [0, 0.1) is 18.3 Å². The normalized spacial score (nSPS) is 19.3. The van der Waals surface area contributed by atoms with Crippen LogP contribution in [0.4, 0.5) is 11.6 Å². The van der Waals surface area contributed by atoms with E-state index in [1.54, 1.807) is 0 Å². The molecule has 0 unspecified atom stereocenters. The van der Waals surface area contributed by atoms with E-state index in [4.69, 9.17) is 0 Å². The third-order valence-electron chi connectivity index (χ3n) is 7.36. The molecule has 0 saturated carbocycles. The molecule has 0 radical (unpaired) electrons. The molecule has 0 aliphatic carbocycles. The number of hydrogen-bond acceptors (Lipinski definition) is 7. The van der Waals surface area contributed by atoms with Crippen molar-refractivity contribution in [3.8, 4) is 6.07 Å². The van der Waals surface area contributed by atoms with Crippen molar-refractivity contribution in [3.63, 3.8) is 0 Å². The van der Waals surface area contributed by atoms with E-state index in [0.29, 0.717) is 12.1 Å². The Bertz CT molecular complexity index is 1260. The summed E-state index contributed by atoms with van der Waals surface area (Å²) in [5.41, 5.74) is 3.87. The molecule has 4 rings (SSSR count). The number of allylic oxidation sites excluding steroid dienone is 2. The summed E-state index contributed by atoms with van der Waals surface area (Å²) in [5, 5.41) is 34.4. The van der Waals surface area contributed by atoms with E-state index in [0.717, 1.165) is 77.8 Å². The summed E-state index contributed by atoms with van der Waals surface area (Å²) in [6.45, 7) is 9.85. The van der Waals surface area contributed by atoms with E-state index < -0.39 is 0 Å². The number of nitrogens with zero attached hydrogens (tertiary/aromatic N) is 5. The zero-order valence-corrected chi connectivity index (χ0v) is 21.8. The first-order valence-electron chi connectivity index (χ1n) is 13.2. The highest BCUT2D eigenvalue weighted by Crippen LogP contribution is 2.23. The maximum atomic E-state index is 9.99. The van der Waals surface area contributed by atoms with Gasteiger partial charge in [0.1, 0.15) is 0 Å². The van der Waals surface area contributed by atoms with Gasteiger partial charge in [0.25, 0.3) is 0 Å². The minimum absolute atomic E-state index is 0.147. The van der Waals surface area contributed by atoms with Crippen LogP contribution >= 0.6 is 0 Å². The van der Waals surface area contributed by atoms with Crippen molar-refractivity contribution in [2.75, 3.05) is 36.5 Å². The Balaban J connectivity index is 1.81. The molecule has 2 fully saturated rings. The molecule has 2 aliphatic rings. The molecule has 1 atom stereocenters. The lowest BCUT2D eigenvalue weighted by atomic mass is 10.0. The number of hydrogen-bond donors (Lipinski definition) is 2. The van der Waals surface area contributed by atoms with Crippen molar-refractivity contribution in [3.05, 3.63) is 57.1 Å². The van der Waals surface area contributed by atoms with Crippen LogP contribution in [0.25, 0.3) is 12.2 Å². The number of aliphatic hydroxyl groups excluding tert-OH is 1. The Morgan fingerprint density at radius 1 is 1.19 bits per heavy atom. The molecule has 0 bridgehead atoms. The van der Waals surface area contributed by atoms with E-state index >= 15 is 0 Å². The number of aliphatic hydroxyl groups is 1. The number of nitriles is 1. The molecule has 2 aliphatic heterocycles. The first-order chi connectivity index (χ1) is 17.6. The van der Waals surface area contributed by atoms with E-state index in [2.05, 4.69) is 63.5 Å². The highest BCUT2D eigenvalue weighted by molar-refractivity contribution is 5.59. The second kappa shape index (κ2) is 12.0. The molecule has 1 aromatic carbocycles. The molecule has 190 valence electrons. The number of rotatable bonds is 8. The number of nitrogens with one attached hydrogen (secondary N) is 1. The molecule has 1 aromatic heterocycles. The lowest BCUT2D eigenvalue weighted by Crippen LogP contribution is -2.39. The van der Waals surface area contributed by atoms with Gasteiger partial charge in [0.15, 0.2) is 11.6 Å². The van der Waals surface area contributed by atoms with Gasteiger partial charge >= 0.3 is 0 Å². The Morgan fingerprint density at radius 3 is 2.69 bits per heavy atom. The Hall–Kier alpha value is -3.37. The lowest BCUT2D eigenvalue weighted by molar-refractivity contribution is 0.190. The van der Waals surface area contributed by atoms with Gasteiger partial charge in [0.2, 0.25) is 0 Å². The SMILES string of the molecule is C/C=c1/c(N2CCCC2)nnc(NCc2cccc(C#N)c2C)/c1=C/C(=C/CC)N1CCC[C@@H]1CO. The van der Waals surface area contributed by atoms with Gasteiger partial charge in [-0.05, 0) is 69.2 Å². The number of anilines is 2. The van der Waals surface area contributed by atoms with Gasteiger partial charge in [-0.1, -0.05) is 31.2 Å². The van der Waals surface area contributed by atoms with Gasteiger partial charge in [0, 0.05) is 42.3 Å². The Labute approximate surface area is 214 Å². The zero-order chi connectivity index (χ0) is 25.5. The summed E-state index contributed by atoms with van der Waals surface area (Å²) in [4.78, 5) is 4.67. The predicted molar refractivity (Wildman–Crippen MR) is 146 cm³/mol. The van der Waals surface area contributed by atoms with Crippen molar-refractivity contribution >= 4 is 23.8 Å². The van der Waals surface area contributed by atoms with Gasteiger partial charge in [0.05, 0.1) is 24.3 Å². The summed E-state index contributed by atoms with van der Waals surface area (Å²) < 4.78 is 0. The minimum Gasteiger partial charge on any atom is -0.394 e. The molecule has 2 aromatic rings. The van der Waals surface area contributed by atoms with Crippen LogP contribution in [0.15, 0.2) is 30.0 Å². The number of benzene rings is 1. The standard InChI is InChI=1S/C29H38N6O/c1-4-10-24(35-16-9-13-25(35)20-36)17-27-26(5-2)29(34-14-6-7-15-34)33-32-28(27)31-19-23-12-8-11-22(18-30)21(23)3/h5,8,10-12,17,25,36H,4,6-7,9,13-16,19-20H2,1-3H3,(H,31,32)/b24-10-,26-5+,27-17+/t25-/m1/s1. The molecule has 0 amide bonds. The Kier molecular flexibility index (Phi) is 8.61. The average Bonchev–Trinajstić information content (AvgIpc) is 3.60. The monoisotopic (exact) mass is 486 g/mol. The molecular weight excluding hydrogens is 448 g/mol. The van der Waals surface area contributed by atoms with Crippen LogP contribution in [-0.2, 0) is 6.54 Å². The van der Waals surface area contributed by atoms with Crippen molar-refractivity contribution < 1.29 is 5.11 Å². The second-order valence-corrected chi connectivity index (χ2v) is 9.59. The average molecular weight is 487 g/mol. The number of likely N-dealkylation sites (tertiary alicyclic amines) is 1. The lowest BCUT2D eigenvalue weighted by Gasteiger charge is -2.27. The van der Waals surface area contributed by atoms with Crippen molar-refractivity contribution in [1.82, 2.24) is 15.1 Å². The summed E-state index contributed by atoms with van der Waals surface area (Å²) in [5.74, 6) is 1.67. The van der Waals surface area contributed by atoms with Gasteiger partial charge in [-0.25, -0.2) is 0 Å². The minimum atomic E-state index is 0.147. The van der Waals surface area contributed by atoms with Gasteiger partial charge < -0.3 is 20.2 Å². The van der Waals surface area contributed by atoms with Crippen molar-refractivity contribution in [1.29, 1.82) is 5.26 Å². The van der Waals surface area contributed by atoms with E-state index in [1.165, 1.54) is 12.8 Å². The van der Waals surface area contributed by atoms with Crippen LogP contribution < -0.4 is 20.7 Å². The second-order valence-electron chi connectivity index (χ2n) is 9.59. The van der Waals surface area contributed by atoms with E-state index in [9.17, 15) is 10.4 Å². The molecule has 7 heteroatoms. The smallest absolute Gasteiger partial charge is 0.158 e. The van der Waals surface area contributed by atoms with Crippen molar-refractivity contribution in [2.45, 2.75) is 65.5 Å². The molecule has 2 N–H and O–H groups in total. The van der Waals surface area contributed by atoms with Crippen LogP contribution in [0.2, 0.25) is 0 Å². The largest absolute Gasteiger partial charge is 0.394 e. The van der Waals surface area contributed by atoms with E-state index in [-0.39, 0.29) is 12.6 Å². The topological polar surface area (TPSA) is 88.3 Å². The number of aromatic nitrogens is 2. The molecule has 36 heavy (non-hydrogen) atoms. The van der Waals surface area contributed by atoms with Crippen LogP contribution in [0.1, 0.15) is 62.6 Å². The van der Waals surface area contributed by atoms with Gasteiger partial charge in [-0.2, -0.15) is 5.26 Å². The summed E-state index contributed by atoms with van der Waals surface area (Å²) in [6.07, 6.45) is 11.9. The highest BCUT2D eigenvalue weighted by atomic mass is 16.3. The first kappa shape index (κ1) is 25.7. The zero-order valence-electron chi connectivity index (χ0n) is 21.8.